The maximum Gasteiger partial charge on any atom is 0.298 e. The number of ether oxygens (including phenoxy) is 1. The lowest BCUT2D eigenvalue weighted by molar-refractivity contribution is 0.465. The average molecular weight is 263 g/mol. The van der Waals surface area contributed by atoms with Gasteiger partial charge in [-0.25, -0.2) is 0 Å². The predicted molar refractivity (Wildman–Crippen MR) is 74.3 cm³/mol. The molecule has 1 aromatic heterocycles. The van der Waals surface area contributed by atoms with Gasteiger partial charge in [-0.2, -0.15) is 9.36 Å². The molecule has 0 spiro atoms. The molecule has 0 aliphatic heterocycles. The number of nitrogens with zero attached hydrogens (tertiary/aromatic N) is 2. The molecule has 4 nitrogen and oxygen atoms in total. The number of rotatable bonds is 2. The molecule has 0 fully saturated rings. The summed E-state index contributed by atoms with van der Waals surface area (Å²) >= 11 is 1.26. The van der Waals surface area contributed by atoms with Crippen LogP contribution in [-0.2, 0) is 5.41 Å². The lowest BCUT2D eigenvalue weighted by Crippen LogP contribution is -2.12. The van der Waals surface area contributed by atoms with Crippen LogP contribution in [0.3, 0.4) is 0 Å². The lowest BCUT2D eigenvalue weighted by Gasteiger charge is -2.12. The van der Waals surface area contributed by atoms with Crippen molar-refractivity contribution in [1.29, 1.82) is 0 Å². The van der Waals surface area contributed by atoms with E-state index in [2.05, 4.69) is 30.1 Å². The van der Waals surface area contributed by atoms with Crippen LogP contribution in [0.5, 0.6) is 10.9 Å². The fourth-order valence-electron chi connectivity index (χ4n) is 1.39. The normalized spacial score (nSPS) is 11.6. The van der Waals surface area contributed by atoms with Crippen LogP contribution in [0.2, 0.25) is 0 Å². The summed E-state index contributed by atoms with van der Waals surface area (Å²) in [4.78, 5) is 4.39. The van der Waals surface area contributed by atoms with Crippen molar-refractivity contribution in [2.75, 3.05) is 5.73 Å². The Morgan fingerprint density at radius 2 is 2.00 bits per heavy atom. The largest absolute Gasteiger partial charge is 0.429 e. The third-order valence-corrected chi connectivity index (χ3v) is 3.20. The molecule has 0 amide bonds. The molecule has 2 aromatic rings. The number of benzene rings is 1. The topological polar surface area (TPSA) is 61.0 Å². The standard InChI is InChI=1S/C13H17N3OS/c1-8-9(14)6-5-7-10(8)17-12-15-11(16-18-12)13(2,3)4/h5-7H,14H2,1-4H3. The Labute approximate surface area is 111 Å². The second kappa shape index (κ2) is 4.57. The highest BCUT2D eigenvalue weighted by Crippen LogP contribution is 2.31. The summed E-state index contributed by atoms with van der Waals surface area (Å²) in [6.07, 6.45) is 0. The Bertz CT molecular complexity index is 558. The number of aromatic nitrogens is 2. The summed E-state index contributed by atoms with van der Waals surface area (Å²) in [6, 6.07) is 5.59. The van der Waals surface area contributed by atoms with E-state index in [1.807, 2.05) is 25.1 Å². The zero-order chi connectivity index (χ0) is 13.3. The van der Waals surface area contributed by atoms with Crippen LogP contribution in [0.25, 0.3) is 0 Å². The van der Waals surface area contributed by atoms with Gasteiger partial charge < -0.3 is 10.5 Å². The first-order chi connectivity index (χ1) is 8.38. The van der Waals surface area contributed by atoms with E-state index in [1.54, 1.807) is 0 Å². The SMILES string of the molecule is Cc1c(N)cccc1Oc1nc(C(C)(C)C)ns1. The van der Waals surface area contributed by atoms with E-state index in [0.717, 1.165) is 17.1 Å². The molecule has 2 rings (SSSR count). The Morgan fingerprint density at radius 3 is 2.61 bits per heavy atom. The van der Waals surface area contributed by atoms with Crippen molar-refractivity contribution >= 4 is 17.2 Å². The molecule has 0 aliphatic carbocycles. The van der Waals surface area contributed by atoms with Gasteiger partial charge in [-0.05, 0) is 19.1 Å². The van der Waals surface area contributed by atoms with E-state index >= 15 is 0 Å². The fourth-order valence-corrected chi connectivity index (χ4v) is 2.13. The van der Waals surface area contributed by atoms with Crippen molar-refractivity contribution in [2.45, 2.75) is 33.1 Å². The average Bonchev–Trinajstić information content (AvgIpc) is 2.73. The molecule has 18 heavy (non-hydrogen) atoms. The molecule has 0 saturated heterocycles. The van der Waals surface area contributed by atoms with E-state index in [0.29, 0.717) is 10.9 Å². The number of nitrogen functional groups attached to an aromatic ring is 1. The second-order valence-electron chi connectivity index (χ2n) is 5.21. The van der Waals surface area contributed by atoms with Gasteiger partial charge in [0.05, 0.1) is 0 Å². The Hall–Kier alpha value is -1.62. The number of nitrogens with two attached hydrogens (primary N) is 1. The molecule has 0 aliphatic rings. The van der Waals surface area contributed by atoms with Crippen LogP contribution in [0.4, 0.5) is 5.69 Å². The van der Waals surface area contributed by atoms with Crippen molar-refractivity contribution < 1.29 is 4.74 Å². The highest BCUT2D eigenvalue weighted by molar-refractivity contribution is 7.07. The summed E-state index contributed by atoms with van der Waals surface area (Å²) < 4.78 is 10.0. The molecule has 1 aromatic carbocycles. The molecule has 96 valence electrons. The van der Waals surface area contributed by atoms with Crippen LogP contribution >= 0.6 is 11.5 Å². The van der Waals surface area contributed by atoms with Crippen molar-refractivity contribution in [3.63, 3.8) is 0 Å². The van der Waals surface area contributed by atoms with E-state index in [1.165, 1.54) is 11.5 Å². The summed E-state index contributed by atoms with van der Waals surface area (Å²) in [5.74, 6) is 1.52. The molecule has 0 saturated carbocycles. The van der Waals surface area contributed by atoms with Crippen LogP contribution in [0.15, 0.2) is 18.2 Å². The first-order valence-electron chi connectivity index (χ1n) is 5.75. The lowest BCUT2D eigenvalue weighted by atomic mass is 9.96. The summed E-state index contributed by atoms with van der Waals surface area (Å²) in [6.45, 7) is 8.15. The molecule has 0 atom stereocenters. The van der Waals surface area contributed by atoms with Gasteiger partial charge in [-0.15, -0.1) is 0 Å². The Balaban J connectivity index is 2.24. The molecule has 0 unspecified atom stereocenters. The van der Waals surface area contributed by atoms with Gasteiger partial charge in [-0.3, -0.25) is 0 Å². The maximum atomic E-state index is 5.84. The first-order valence-corrected chi connectivity index (χ1v) is 6.52. The number of anilines is 1. The minimum atomic E-state index is -0.0666. The third kappa shape index (κ3) is 2.61. The van der Waals surface area contributed by atoms with Crippen LogP contribution in [0, 0.1) is 6.92 Å². The zero-order valence-electron chi connectivity index (χ0n) is 11.0. The van der Waals surface area contributed by atoms with Gasteiger partial charge in [0.2, 0.25) is 0 Å². The second-order valence-corrected chi connectivity index (χ2v) is 5.92. The Morgan fingerprint density at radius 1 is 1.28 bits per heavy atom. The van der Waals surface area contributed by atoms with Crippen LogP contribution in [-0.4, -0.2) is 9.36 Å². The van der Waals surface area contributed by atoms with Crippen molar-refractivity contribution in [3.8, 4) is 10.9 Å². The highest BCUT2D eigenvalue weighted by Gasteiger charge is 2.20. The molecule has 1 heterocycles. The fraction of sp³-hybridized carbons (Fsp3) is 0.385. The van der Waals surface area contributed by atoms with E-state index in [9.17, 15) is 0 Å². The van der Waals surface area contributed by atoms with E-state index < -0.39 is 0 Å². The summed E-state index contributed by atoms with van der Waals surface area (Å²) in [7, 11) is 0. The highest BCUT2D eigenvalue weighted by atomic mass is 32.1. The van der Waals surface area contributed by atoms with Crippen LogP contribution < -0.4 is 10.5 Å². The van der Waals surface area contributed by atoms with Gasteiger partial charge in [0.15, 0.2) is 5.82 Å². The monoisotopic (exact) mass is 263 g/mol. The molecular weight excluding hydrogens is 246 g/mol. The summed E-state index contributed by atoms with van der Waals surface area (Å²) in [5.41, 5.74) is 7.41. The molecule has 0 radical (unpaired) electrons. The zero-order valence-corrected chi connectivity index (χ0v) is 11.8. The molecule has 5 heteroatoms. The van der Waals surface area contributed by atoms with E-state index in [4.69, 9.17) is 10.5 Å². The first kappa shape index (κ1) is 12.8. The van der Waals surface area contributed by atoms with Gasteiger partial charge in [0.25, 0.3) is 5.19 Å². The van der Waals surface area contributed by atoms with Gasteiger partial charge >= 0.3 is 0 Å². The third-order valence-electron chi connectivity index (χ3n) is 2.60. The van der Waals surface area contributed by atoms with Gasteiger partial charge in [0, 0.05) is 28.2 Å². The molecule has 2 N–H and O–H groups in total. The number of hydrogen-bond donors (Lipinski definition) is 1. The molecule has 0 bridgehead atoms. The van der Waals surface area contributed by atoms with Gasteiger partial charge in [-0.1, -0.05) is 26.8 Å². The summed E-state index contributed by atoms with van der Waals surface area (Å²) in [5, 5.41) is 0.550. The number of hydrogen-bond acceptors (Lipinski definition) is 5. The predicted octanol–water partition coefficient (Wildman–Crippen LogP) is 3.52. The van der Waals surface area contributed by atoms with Gasteiger partial charge in [0.1, 0.15) is 5.75 Å². The van der Waals surface area contributed by atoms with Crippen molar-refractivity contribution in [3.05, 3.63) is 29.6 Å². The minimum absolute atomic E-state index is 0.0666. The van der Waals surface area contributed by atoms with Crippen molar-refractivity contribution in [2.24, 2.45) is 0 Å². The van der Waals surface area contributed by atoms with E-state index in [-0.39, 0.29) is 5.41 Å². The Kier molecular flexibility index (Phi) is 3.26. The smallest absolute Gasteiger partial charge is 0.298 e. The maximum absolute atomic E-state index is 5.84. The quantitative estimate of drug-likeness (QED) is 0.842. The van der Waals surface area contributed by atoms with Crippen molar-refractivity contribution in [1.82, 2.24) is 9.36 Å². The van der Waals surface area contributed by atoms with Crippen LogP contribution in [0.1, 0.15) is 32.2 Å². The minimum Gasteiger partial charge on any atom is -0.429 e. The molecular formula is C13H17N3OS.